The Kier molecular flexibility index (Phi) is 8.64. The Hall–Kier alpha value is -1.25. The number of thiocarbonyl (C=S) groups is 1. The maximum absolute atomic E-state index is 12.5. The Morgan fingerprint density at radius 2 is 1.86 bits per heavy atom. The van der Waals surface area contributed by atoms with E-state index in [1.54, 1.807) is 48.5 Å². The molecule has 2 aromatic carbocycles. The minimum Gasteiger partial charge on any atom is -0.494 e. The van der Waals surface area contributed by atoms with E-state index in [4.69, 9.17) is 51.8 Å². The topological polar surface area (TPSA) is 62.4 Å². The Morgan fingerprint density at radius 1 is 1.18 bits per heavy atom. The molecule has 0 aliphatic rings. The van der Waals surface area contributed by atoms with Gasteiger partial charge in [-0.25, -0.2) is 0 Å². The Bertz CT molecular complexity index is 832. The molecule has 0 spiro atoms. The number of hydrogen-bond donors (Lipinski definition) is 3. The third-order valence-electron chi connectivity index (χ3n) is 3.39. The number of alkyl halides is 3. The van der Waals surface area contributed by atoms with Gasteiger partial charge in [-0.3, -0.25) is 4.79 Å². The third kappa shape index (κ3) is 7.29. The van der Waals surface area contributed by atoms with Crippen molar-refractivity contribution in [1.29, 1.82) is 0 Å². The van der Waals surface area contributed by atoms with Crippen LogP contribution in [0.3, 0.4) is 0 Å². The summed E-state index contributed by atoms with van der Waals surface area (Å²) in [6, 6.07) is 14.0. The second-order valence-corrected chi connectivity index (χ2v) is 9.21. The fourth-order valence-electron chi connectivity index (χ4n) is 2.14. The van der Waals surface area contributed by atoms with Crippen molar-refractivity contribution in [2.45, 2.75) is 16.9 Å². The van der Waals surface area contributed by atoms with Gasteiger partial charge in [-0.2, -0.15) is 0 Å². The van der Waals surface area contributed by atoms with Crippen molar-refractivity contribution in [3.8, 4) is 5.75 Å². The molecule has 0 bridgehead atoms. The fraction of sp³-hybridized carbons (Fsp3) is 0.222. The van der Waals surface area contributed by atoms with Gasteiger partial charge in [0.05, 0.1) is 6.61 Å². The maximum Gasteiger partial charge on any atom is 0.253 e. The molecule has 0 unspecified atom stereocenters. The van der Waals surface area contributed by atoms with Gasteiger partial charge in [0.25, 0.3) is 5.91 Å². The van der Waals surface area contributed by atoms with Gasteiger partial charge >= 0.3 is 0 Å². The molecule has 28 heavy (non-hydrogen) atoms. The van der Waals surface area contributed by atoms with Crippen LogP contribution in [0.2, 0.25) is 0 Å². The van der Waals surface area contributed by atoms with E-state index in [1.807, 2.05) is 6.92 Å². The number of ether oxygens (including phenoxy) is 1. The Labute approximate surface area is 192 Å². The number of halogens is 4. The number of anilines is 1. The molecular weight excluding hydrogens is 509 g/mol. The van der Waals surface area contributed by atoms with E-state index in [0.29, 0.717) is 17.9 Å². The first kappa shape index (κ1) is 23.0. The van der Waals surface area contributed by atoms with Crippen LogP contribution in [0.5, 0.6) is 5.75 Å². The third-order valence-corrected chi connectivity index (χ3v) is 4.76. The molecule has 0 aliphatic carbocycles. The van der Waals surface area contributed by atoms with E-state index < -0.39 is 15.9 Å². The first-order valence-electron chi connectivity index (χ1n) is 8.12. The van der Waals surface area contributed by atoms with E-state index in [9.17, 15) is 4.79 Å². The van der Waals surface area contributed by atoms with Crippen LogP contribution in [0.25, 0.3) is 0 Å². The summed E-state index contributed by atoms with van der Waals surface area (Å²) in [6.07, 6.45) is -1.06. The molecule has 150 valence electrons. The van der Waals surface area contributed by atoms with Crippen molar-refractivity contribution in [1.82, 2.24) is 10.6 Å². The molecular formula is C18H17BrCl3N3O2S. The molecule has 0 saturated heterocycles. The smallest absolute Gasteiger partial charge is 0.253 e. The molecule has 5 nitrogen and oxygen atoms in total. The Morgan fingerprint density at radius 3 is 2.43 bits per heavy atom. The lowest BCUT2D eigenvalue weighted by atomic mass is 10.2. The van der Waals surface area contributed by atoms with Gasteiger partial charge in [-0.05, 0) is 61.6 Å². The molecule has 3 N–H and O–H groups in total. The number of rotatable bonds is 6. The average Bonchev–Trinajstić information content (AvgIpc) is 2.62. The molecule has 0 saturated carbocycles. The highest BCUT2D eigenvalue weighted by Gasteiger charge is 2.34. The van der Waals surface area contributed by atoms with Gasteiger partial charge in [0.15, 0.2) is 5.11 Å². The summed E-state index contributed by atoms with van der Waals surface area (Å²) in [5, 5.41) is 8.58. The number of carbonyl (C=O) groups is 1. The molecule has 0 radical (unpaired) electrons. The molecule has 0 fully saturated rings. The van der Waals surface area contributed by atoms with Crippen LogP contribution < -0.4 is 20.7 Å². The number of hydrogen-bond acceptors (Lipinski definition) is 3. The van der Waals surface area contributed by atoms with E-state index >= 15 is 0 Å². The van der Waals surface area contributed by atoms with Crippen LogP contribution in [-0.4, -0.2) is 27.6 Å². The van der Waals surface area contributed by atoms with Gasteiger partial charge in [0, 0.05) is 15.7 Å². The quantitative estimate of drug-likeness (QED) is 0.273. The largest absolute Gasteiger partial charge is 0.494 e. The van der Waals surface area contributed by atoms with E-state index in [0.717, 1.165) is 10.2 Å². The standard InChI is InChI=1S/C18H17BrCl3N3O2S/c1-2-27-14-8-6-13(7-9-14)23-17(28)25-16(18(20,21)22)24-15(26)11-4-3-5-12(19)10-11/h3-10,16H,2H2,1H3,(H,24,26)(H2,23,25,28)/t16-/m0/s1. The predicted molar refractivity (Wildman–Crippen MR) is 123 cm³/mol. The number of nitrogens with one attached hydrogen (secondary N) is 3. The molecule has 0 aliphatic heterocycles. The highest BCUT2D eigenvalue weighted by Crippen LogP contribution is 2.29. The summed E-state index contributed by atoms with van der Waals surface area (Å²) in [5.41, 5.74) is 1.11. The van der Waals surface area contributed by atoms with Crippen molar-refractivity contribution in [2.75, 3.05) is 11.9 Å². The van der Waals surface area contributed by atoms with Crippen LogP contribution in [0.15, 0.2) is 53.0 Å². The minimum atomic E-state index is -1.84. The summed E-state index contributed by atoms with van der Waals surface area (Å²) < 4.78 is 4.30. The maximum atomic E-state index is 12.5. The highest BCUT2D eigenvalue weighted by atomic mass is 79.9. The summed E-state index contributed by atoms with van der Waals surface area (Å²) in [7, 11) is 0. The lowest BCUT2D eigenvalue weighted by Gasteiger charge is -2.27. The van der Waals surface area contributed by atoms with Gasteiger partial charge < -0.3 is 20.7 Å². The average molecular weight is 526 g/mol. The van der Waals surface area contributed by atoms with Gasteiger partial charge in [0.1, 0.15) is 11.9 Å². The summed E-state index contributed by atoms with van der Waals surface area (Å²) in [4.78, 5) is 12.5. The van der Waals surface area contributed by atoms with Crippen molar-refractivity contribution in [3.63, 3.8) is 0 Å². The van der Waals surface area contributed by atoms with E-state index in [2.05, 4.69) is 31.9 Å². The minimum absolute atomic E-state index is 0.176. The fourth-order valence-corrected chi connectivity index (χ4v) is 3.11. The lowest BCUT2D eigenvalue weighted by molar-refractivity contribution is 0.0934. The zero-order valence-corrected chi connectivity index (χ0v) is 19.3. The van der Waals surface area contributed by atoms with E-state index in [1.165, 1.54) is 0 Å². The monoisotopic (exact) mass is 523 g/mol. The first-order chi connectivity index (χ1) is 13.2. The molecule has 10 heteroatoms. The molecule has 2 aromatic rings. The lowest BCUT2D eigenvalue weighted by Crippen LogP contribution is -2.56. The van der Waals surface area contributed by atoms with Gasteiger partial charge in [-0.1, -0.05) is 56.8 Å². The zero-order valence-electron chi connectivity index (χ0n) is 14.6. The van der Waals surface area contributed by atoms with Crippen molar-refractivity contribution in [3.05, 3.63) is 58.6 Å². The highest BCUT2D eigenvalue weighted by molar-refractivity contribution is 9.10. The van der Waals surface area contributed by atoms with Crippen LogP contribution in [0.4, 0.5) is 5.69 Å². The van der Waals surface area contributed by atoms with Crippen molar-refractivity contribution < 1.29 is 9.53 Å². The van der Waals surface area contributed by atoms with Crippen molar-refractivity contribution >= 4 is 79.7 Å². The van der Waals surface area contributed by atoms with Gasteiger partial charge in [0.2, 0.25) is 3.79 Å². The molecule has 0 aromatic heterocycles. The Balaban J connectivity index is 2.03. The second-order valence-electron chi connectivity index (χ2n) is 5.51. The van der Waals surface area contributed by atoms with Crippen LogP contribution in [0, 0.1) is 0 Å². The molecule has 1 amide bonds. The predicted octanol–water partition coefficient (Wildman–Crippen LogP) is 5.26. The zero-order chi connectivity index (χ0) is 20.7. The van der Waals surface area contributed by atoms with Crippen molar-refractivity contribution in [2.24, 2.45) is 0 Å². The van der Waals surface area contributed by atoms with Crippen LogP contribution in [-0.2, 0) is 0 Å². The molecule has 1 atom stereocenters. The van der Waals surface area contributed by atoms with Crippen LogP contribution >= 0.6 is 63.0 Å². The number of benzene rings is 2. The normalized spacial score (nSPS) is 12.0. The van der Waals surface area contributed by atoms with Gasteiger partial charge in [-0.15, -0.1) is 0 Å². The van der Waals surface area contributed by atoms with Crippen LogP contribution in [0.1, 0.15) is 17.3 Å². The summed E-state index contributed by atoms with van der Waals surface area (Å²) in [5.74, 6) is 0.321. The second kappa shape index (κ2) is 10.5. The SMILES string of the molecule is CCOc1ccc(NC(=S)N[C@H](NC(=O)c2cccc(Br)c2)C(Cl)(Cl)Cl)cc1. The van der Waals surface area contributed by atoms with E-state index in [-0.39, 0.29) is 5.11 Å². The number of carbonyl (C=O) groups excluding carboxylic acids is 1. The number of amides is 1. The summed E-state index contributed by atoms with van der Waals surface area (Å²) in [6.45, 7) is 2.49. The molecule has 0 heterocycles. The molecule has 2 rings (SSSR count). The summed E-state index contributed by atoms with van der Waals surface area (Å²) >= 11 is 26.6. The first-order valence-corrected chi connectivity index (χ1v) is 10.5.